The maximum Gasteiger partial charge on any atom is 0.239 e. The largest absolute Gasteiger partial charge is 0.396 e. The number of benzene rings is 1. The van der Waals surface area contributed by atoms with Crippen molar-refractivity contribution in [3.05, 3.63) is 29.3 Å². The number of aliphatic hydroxyl groups is 1. The van der Waals surface area contributed by atoms with E-state index < -0.39 is 5.92 Å². The Balaban J connectivity index is 1.70. The predicted octanol–water partition coefficient (Wildman–Crippen LogP) is 2.32. The van der Waals surface area contributed by atoms with Crippen LogP contribution >= 0.6 is 0 Å². The summed E-state index contributed by atoms with van der Waals surface area (Å²) in [7, 11) is 0. The third kappa shape index (κ3) is 3.43. The number of nitrogens with one attached hydrogen (secondary N) is 1. The maximum absolute atomic E-state index is 12.8. The minimum atomic E-state index is -0.621. The van der Waals surface area contributed by atoms with Crippen LogP contribution in [0.3, 0.4) is 0 Å². The number of carbonyl (C=O) groups is 2. The highest BCUT2D eigenvalue weighted by Gasteiger charge is 2.43. The fraction of sp³-hybridized carbons (Fsp3) is 0.600. The monoisotopic (exact) mass is 344 g/mol. The van der Waals surface area contributed by atoms with Crippen LogP contribution in [0.1, 0.15) is 43.7 Å². The molecule has 136 valence electrons. The van der Waals surface area contributed by atoms with Crippen molar-refractivity contribution in [2.24, 2.45) is 11.3 Å². The van der Waals surface area contributed by atoms with Gasteiger partial charge in [0.05, 0.1) is 6.61 Å². The fourth-order valence-electron chi connectivity index (χ4n) is 4.23. The highest BCUT2D eigenvalue weighted by Crippen LogP contribution is 2.38. The lowest BCUT2D eigenvalue weighted by atomic mass is 9.85. The number of aliphatic hydroxyl groups excluding tert-OH is 1. The van der Waals surface area contributed by atoms with Gasteiger partial charge in [-0.05, 0) is 56.4 Å². The number of aryl methyl sites for hydroxylation is 2. The summed E-state index contributed by atoms with van der Waals surface area (Å²) in [5.74, 6) is -0.931. The van der Waals surface area contributed by atoms with Crippen LogP contribution in [-0.2, 0) is 9.59 Å². The molecule has 5 nitrogen and oxygen atoms in total. The van der Waals surface area contributed by atoms with Gasteiger partial charge in [-0.2, -0.15) is 0 Å². The lowest BCUT2D eigenvalue weighted by Crippen LogP contribution is -2.48. The average Bonchev–Trinajstić information content (AvgIpc) is 3.10. The van der Waals surface area contributed by atoms with Gasteiger partial charge in [-0.3, -0.25) is 9.59 Å². The highest BCUT2D eigenvalue weighted by atomic mass is 16.3. The Bertz CT molecular complexity index is 667. The molecule has 3 unspecified atom stereocenters. The number of hydrogen-bond donors (Lipinski definition) is 2. The van der Waals surface area contributed by atoms with Gasteiger partial charge in [0, 0.05) is 23.7 Å². The highest BCUT2D eigenvalue weighted by molar-refractivity contribution is 6.09. The maximum atomic E-state index is 12.8. The second-order valence-corrected chi connectivity index (χ2v) is 7.94. The first-order chi connectivity index (χ1) is 11.8. The van der Waals surface area contributed by atoms with Gasteiger partial charge in [0.25, 0.3) is 0 Å². The molecule has 25 heavy (non-hydrogen) atoms. The normalized spacial score (nSPS) is 29.3. The molecule has 1 aromatic carbocycles. The van der Waals surface area contributed by atoms with Crippen LogP contribution < -0.4 is 10.2 Å². The van der Waals surface area contributed by atoms with Gasteiger partial charge in [-0.15, -0.1) is 0 Å². The van der Waals surface area contributed by atoms with E-state index in [1.165, 1.54) is 0 Å². The fourth-order valence-corrected chi connectivity index (χ4v) is 4.23. The molecule has 1 saturated heterocycles. The Morgan fingerprint density at radius 2 is 1.96 bits per heavy atom. The minimum absolute atomic E-state index is 0.0481. The second-order valence-electron chi connectivity index (χ2n) is 7.94. The van der Waals surface area contributed by atoms with E-state index in [0.29, 0.717) is 13.0 Å². The summed E-state index contributed by atoms with van der Waals surface area (Å²) in [4.78, 5) is 27.2. The molecule has 1 aliphatic carbocycles. The van der Waals surface area contributed by atoms with Gasteiger partial charge < -0.3 is 15.3 Å². The number of anilines is 1. The molecule has 1 aromatic rings. The molecule has 2 fully saturated rings. The Morgan fingerprint density at radius 3 is 2.60 bits per heavy atom. The van der Waals surface area contributed by atoms with Gasteiger partial charge in [0.1, 0.15) is 5.92 Å². The third-order valence-corrected chi connectivity index (χ3v) is 5.80. The Labute approximate surface area is 149 Å². The zero-order chi connectivity index (χ0) is 18.2. The Kier molecular flexibility index (Phi) is 4.87. The van der Waals surface area contributed by atoms with Crippen LogP contribution in [0.15, 0.2) is 18.2 Å². The summed E-state index contributed by atoms with van der Waals surface area (Å²) < 4.78 is 0. The standard InChI is InChI=1S/C20H28N2O3/c1-13-9-14(2)11-15(10-13)22-8-6-16(19(22)25)18(24)21-17-5-4-7-20(17,3)12-23/h9-11,16-17,23H,4-8,12H2,1-3H3,(H,21,24). The quantitative estimate of drug-likeness (QED) is 0.824. The van der Waals surface area contributed by atoms with Crippen LogP contribution in [-0.4, -0.2) is 36.1 Å². The molecule has 3 rings (SSSR count). The van der Waals surface area contributed by atoms with Crippen molar-refractivity contribution in [3.8, 4) is 0 Å². The number of rotatable bonds is 4. The van der Waals surface area contributed by atoms with Crippen molar-refractivity contribution in [3.63, 3.8) is 0 Å². The summed E-state index contributed by atoms with van der Waals surface area (Å²) >= 11 is 0. The number of nitrogens with zero attached hydrogens (tertiary/aromatic N) is 1. The lowest BCUT2D eigenvalue weighted by Gasteiger charge is -2.30. The average molecular weight is 344 g/mol. The van der Waals surface area contributed by atoms with E-state index in [1.807, 2.05) is 32.9 Å². The molecule has 0 bridgehead atoms. The van der Waals surface area contributed by atoms with Crippen LogP contribution in [0, 0.1) is 25.2 Å². The molecule has 2 N–H and O–H groups in total. The molecule has 5 heteroatoms. The Morgan fingerprint density at radius 1 is 1.28 bits per heavy atom. The molecule has 0 spiro atoms. The van der Waals surface area contributed by atoms with Crippen molar-refractivity contribution >= 4 is 17.5 Å². The summed E-state index contributed by atoms with van der Waals surface area (Å²) in [6, 6.07) is 6.01. The smallest absolute Gasteiger partial charge is 0.239 e. The number of hydrogen-bond acceptors (Lipinski definition) is 3. The molecule has 2 aliphatic rings. The zero-order valence-corrected chi connectivity index (χ0v) is 15.3. The number of amides is 2. The van der Waals surface area contributed by atoms with Gasteiger partial charge in [-0.1, -0.05) is 19.4 Å². The first-order valence-corrected chi connectivity index (χ1v) is 9.15. The lowest BCUT2D eigenvalue weighted by molar-refractivity contribution is -0.133. The van der Waals surface area contributed by atoms with Crippen molar-refractivity contribution in [2.45, 2.75) is 52.5 Å². The van der Waals surface area contributed by atoms with Crippen molar-refractivity contribution in [1.29, 1.82) is 0 Å². The topological polar surface area (TPSA) is 69.6 Å². The van der Waals surface area contributed by atoms with Crippen LogP contribution in [0.4, 0.5) is 5.69 Å². The summed E-state index contributed by atoms with van der Waals surface area (Å²) in [6.45, 7) is 6.66. The molecular formula is C20H28N2O3. The molecule has 0 radical (unpaired) electrons. The first-order valence-electron chi connectivity index (χ1n) is 9.15. The van der Waals surface area contributed by atoms with E-state index in [9.17, 15) is 14.7 Å². The molecular weight excluding hydrogens is 316 g/mol. The van der Waals surface area contributed by atoms with E-state index >= 15 is 0 Å². The van der Waals surface area contributed by atoms with E-state index in [-0.39, 0.29) is 29.9 Å². The summed E-state index contributed by atoms with van der Waals surface area (Å²) in [6.07, 6.45) is 3.31. The molecule has 0 aromatic heterocycles. The van der Waals surface area contributed by atoms with E-state index in [4.69, 9.17) is 0 Å². The van der Waals surface area contributed by atoms with Gasteiger partial charge >= 0.3 is 0 Å². The van der Waals surface area contributed by atoms with Crippen molar-refractivity contribution in [2.75, 3.05) is 18.1 Å². The SMILES string of the molecule is Cc1cc(C)cc(N2CCC(C(=O)NC3CCCC3(C)CO)C2=O)c1. The summed E-state index contributed by atoms with van der Waals surface area (Å²) in [5.41, 5.74) is 2.82. The van der Waals surface area contributed by atoms with E-state index in [2.05, 4.69) is 11.4 Å². The van der Waals surface area contributed by atoms with Crippen molar-refractivity contribution < 1.29 is 14.7 Å². The summed E-state index contributed by atoms with van der Waals surface area (Å²) in [5, 5.41) is 12.7. The third-order valence-electron chi connectivity index (χ3n) is 5.80. The van der Waals surface area contributed by atoms with Gasteiger partial charge in [0.2, 0.25) is 11.8 Å². The molecule has 1 saturated carbocycles. The molecule has 2 amide bonds. The van der Waals surface area contributed by atoms with E-state index in [1.54, 1.807) is 4.90 Å². The molecule has 1 aliphatic heterocycles. The van der Waals surface area contributed by atoms with Crippen LogP contribution in [0.5, 0.6) is 0 Å². The van der Waals surface area contributed by atoms with Crippen LogP contribution in [0.25, 0.3) is 0 Å². The first kappa shape index (κ1) is 17.9. The van der Waals surface area contributed by atoms with Gasteiger partial charge in [-0.25, -0.2) is 0 Å². The van der Waals surface area contributed by atoms with E-state index in [0.717, 1.165) is 36.1 Å². The van der Waals surface area contributed by atoms with Crippen molar-refractivity contribution in [1.82, 2.24) is 5.32 Å². The molecule has 1 heterocycles. The van der Waals surface area contributed by atoms with Gasteiger partial charge in [0.15, 0.2) is 0 Å². The number of carbonyl (C=O) groups excluding carboxylic acids is 2. The minimum Gasteiger partial charge on any atom is -0.396 e. The predicted molar refractivity (Wildman–Crippen MR) is 97.4 cm³/mol. The zero-order valence-electron chi connectivity index (χ0n) is 15.3. The molecule has 3 atom stereocenters. The Hall–Kier alpha value is -1.88. The second kappa shape index (κ2) is 6.79. The van der Waals surface area contributed by atoms with Crippen LogP contribution in [0.2, 0.25) is 0 Å².